The van der Waals surface area contributed by atoms with Crippen molar-refractivity contribution in [2.75, 3.05) is 0 Å². The highest BCUT2D eigenvalue weighted by Gasteiger charge is 1.70. The molecule has 10 heavy (non-hydrogen) atoms. The molecule has 0 radical (unpaired) electrons. The Bertz CT molecular complexity index is 53.1. The highest BCUT2D eigenvalue weighted by Crippen LogP contribution is 1.42. The first-order valence-electron chi connectivity index (χ1n) is 2.15. The van der Waals surface area contributed by atoms with Crippen LogP contribution in [0, 0.1) is 0 Å². The third-order valence-electron chi connectivity index (χ3n) is 0. The monoisotopic (exact) mass is 146 g/mol. The molecular formula is C7H14O3. The van der Waals surface area contributed by atoms with Crippen LogP contribution in [0.25, 0.3) is 0 Å². The molecule has 0 fully saturated rings. The van der Waals surface area contributed by atoms with E-state index in [1.807, 2.05) is 0 Å². The number of carbonyl (C=O) groups is 1. The van der Waals surface area contributed by atoms with Crippen molar-refractivity contribution in [3.8, 4) is 0 Å². The van der Waals surface area contributed by atoms with Crippen LogP contribution in [0.5, 0.6) is 0 Å². The molecule has 0 spiro atoms. The largest absolute Gasteiger partial charge is 0.503 e. The van der Waals surface area contributed by atoms with Crippen LogP contribution in [0.3, 0.4) is 0 Å². The van der Waals surface area contributed by atoms with Crippen LogP contribution in [0.4, 0.5) is 4.79 Å². The molecule has 2 N–H and O–H groups in total. The van der Waals surface area contributed by atoms with Gasteiger partial charge in [-0.15, -0.1) is 39.5 Å². The second-order valence-corrected chi connectivity index (χ2v) is 0.283. The molecule has 0 saturated carbocycles. The first kappa shape index (κ1) is 23.6. The summed E-state index contributed by atoms with van der Waals surface area (Å²) in [5.74, 6) is 0. The van der Waals surface area contributed by atoms with Crippen LogP contribution in [-0.4, -0.2) is 16.4 Å². The molecule has 0 saturated heterocycles. The summed E-state index contributed by atoms with van der Waals surface area (Å²) in [5, 5.41) is 13.9. The Balaban J connectivity index is -0.0000000262. The van der Waals surface area contributed by atoms with E-state index >= 15 is 0 Å². The zero-order chi connectivity index (χ0) is 9.58. The summed E-state index contributed by atoms with van der Waals surface area (Å²) >= 11 is 0. The van der Waals surface area contributed by atoms with E-state index in [0.29, 0.717) is 0 Å². The Hall–Kier alpha value is -1.51. The van der Waals surface area contributed by atoms with Crippen molar-refractivity contribution in [3.63, 3.8) is 0 Å². The quantitative estimate of drug-likeness (QED) is 0.516. The van der Waals surface area contributed by atoms with Gasteiger partial charge in [0.1, 0.15) is 0 Å². The highest BCUT2D eigenvalue weighted by molar-refractivity contribution is 5.53. The van der Waals surface area contributed by atoms with Gasteiger partial charge in [-0.1, -0.05) is 0 Å². The number of hydrogen-bond acceptors (Lipinski definition) is 1. The molecule has 0 aromatic heterocycles. The predicted molar refractivity (Wildman–Crippen MR) is 44.4 cm³/mol. The first-order chi connectivity index (χ1) is 4.73. The van der Waals surface area contributed by atoms with Gasteiger partial charge in [0.2, 0.25) is 0 Å². The summed E-state index contributed by atoms with van der Waals surface area (Å²) in [7, 11) is 0. The smallest absolute Gasteiger partial charge is 0.450 e. The SMILES string of the molecule is C=C.C=C.C=C.O=C(O)O. The summed E-state index contributed by atoms with van der Waals surface area (Å²) in [4.78, 5) is 8.56. The van der Waals surface area contributed by atoms with Crippen LogP contribution in [0.1, 0.15) is 0 Å². The fourth-order valence-corrected chi connectivity index (χ4v) is 0. The van der Waals surface area contributed by atoms with E-state index in [-0.39, 0.29) is 0 Å². The average Bonchev–Trinajstić information content (AvgIpc) is 1.98. The molecule has 0 bridgehead atoms. The fraction of sp³-hybridized carbons (Fsp3) is 0. The van der Waals surface area contributed by atoms with Crippen molar-refractivity contribution >= 4 is 6.16 Å². The average molecular weight is 146 g/mol. The van der Waals surface area contributed by atoms with Gasteiger partial charge in [0.05, 0.1) is 0 Å². The number of carboxylic acid groups (broad SMARTS) is 2. The van der Waals surface area contributed by atoms with Gasteiger partial charge in [-0.2, -0.15) is 0 Å². The van der Waals surface area contributed by atoms with Gasteiger partial charge in [0, 0.05) is 0 Å². The molecule has 0 aliphatic rings. The van der Waals surface area contributed by atoms with E-state index in [1.54, 1.807) is 0 Å². The highest BCUT2D eigenvalue weighted by atomic mass is 16.6. The maximum atomic E-state index is 8.56. The lowest BCUT2D eigenvalue weighted by Crippen LogP contribution is -1.81. The topological polar surface area (TPSA) is 57.5 Å². The molecular weight excluding hydrogens is 132 g/mol. The standard InChI is InChI=1S/3C2H4.CH2O3/c3*1-2;2-1(3)4/h3*1-2H2;(H2,2,3,4). The molecule has 60 valence electrons. The van der Waals surface area contributed by atoms with Gasteiger partial charge < -0.3 is 10.2 Å². The van der Waals surface area contributed by atoms with Crippen molar-refractivity contribution in [1.82, 2.24) is 0 Å². The Labute approximate surface area is 61.6 Å². The number of rotatable bonds is 0. The van der Waals surface area contributed by atoms with E-state index in [0.717, 1.165) is 0 Å². The zero-order valence-corrected chi connectivity index (χ0v) is 6.05. The van der Waals surface area contributed by atoms with E-state index in [1.165, 1.54) is 0 Å². The van der Waals surface area contributed by atoms with Gasteiger partial charge in [-0.3, -0.25) is 0 Å². The van der Waals surface area contributed by atoms with Crippen molar-refractivity contribution < 1.29 is 15.0 Å². The minimum absolute atomic E-state index is 1.83. The Morgan fingerprint density at radius 3 is 0.800 bits per heavy atom. The van der Waals surface area contributed by atoms with E-state index in [2.05, 4.69) is 39.5 Å². The van der Waals surface area contributed by atoms with E-state index < -0.39 is 6.16 Å². The van der Waals surface area contributed by atoms with E-state index in [9.17, 15) is 0 Å². The van der Waals surface area contributed by atoms with Gasteiger partial charge in [0.15, 0.2) is 0 Å². The van der Waals surface area contributed by atoms with Crippen LogP contribution >= 0.6 is 0 Å². The lowest BCUT2D eigenvalue weighted by atomic mass is 11.3. The molecule has 0 aromatic rings. The van der Waals surface area contributed by atoms with Crippen LogP contribution in [0.15, 0.2) is 39.5 Å². The molecule has 0 aromatic carbocycles. The first-order valence-corrected chi connectivity index (χ1v) is 2.15. The fourth-order valence-electron chi connectivity index (χ4n) is 0. The van der Waals surface area contributed by atoms with Gasteiger partial charge in [-0.25, -0.2) is 4.79 Å². The molecule has 0 aliphatic heterocycles. The molecule has 0 amide bonds. The van der Waals surface area contributed by atoms with Crippen molar-refractivity contribution in [2.24, 2.45) is 0 Å². The second-order valence-electron chi connectivity index (χ2n) is 0.283. The Kier molecular flexibility index (Phi) is 336. The van der Waals surface area contributed by atoms with Gasteiger partial charge >= 0.3 is 6.16 Å². The molecule has 0 rings (SSSR count). The minimum Gasteiger partial charge on any atom is -0.450 e. The third-order valence-corrected chi connectivity index (χ3v) is 0. The van der Waals surface area contributed by atoms with Crippen LogP contribution in [0.2, 0.25) is 0 Å². The zero-order valence-electron chi connectivity index (χ0n) is 6.05. The number of hydrogen-bond donors (Lipinski definition) is 2. The molecule has 0 unspecified atom stereocenters. The Morgan fingerprint density at radius 2 is 0.800 bits per heavy atom. The minimum atomic E-state index is -1.83. The molecule has 0 heterocycles. The lowest BCUT2D eigenvalue weighted by molar-refractivity contribution is 0.137. The Morgan fingerprint density at radius 1 is 0.800 bits per heavy atom. The van der Waals surface area contributed by atoms with Crippen molar-refractivity contribution in [2.45, 2.75) is 0 Å². The lowest BCUT2D eigenvalue weighted by Gasteiger charge is -1.60. The summed E-state index contributed by atoms with van der Waals surface area (Å²) < 4.78 is 0. The van der Waals surface area contributed by atoms with Crippen LogP contribution < -0.4 is 0 Å². The summed E-state index contributed by atoms with van der Waals surface area (Å²) in [6.07, 6.45) is -1.83. The predicted octanol–water partition coefficient (Wildman–Crippen LogP) is 2.63. The van der Waals surface area contributed by atoms with Crippen molar-refractivity contribution in [3.05, 3.63) is 39.5 Å². The molecule has 0 atom stereocenters. The molecule has 3 heteroatoms. The summed E-state index contributed by atoms with van der Waals surface area (Å²) in [6.45, 7) is 18.0. The normalized spacial score (nSPS) is 3.60. The summed E-state index contributed by atoms with van der Waals surface area (Å²) in [5.41, 5.74) is 0. The summed E-state index contributed by atoms with van der Waals surface area (Å²) in [6, 6.07) is 0. The molecule has 3 nitrogen and oxygen atoms in total. The molecule has 0 aliphatic carbocycles. The van der Waals surface area contributed by atoms with Gasteiger partial charge in [0.25, 0.3) is 0 Å². The van der Waals surface area contributed by atoms with Crippen molar-refractivity contribution in [1.29, 1.82) is 0 Å². The second kappa shape index (κ2) is 142. The van der Waals surface area contributed by atoms with Crippen LogP contribution in [-0.2, 0) is 0 Å². The maximum absolute atomic E-state index is 8.56. The van der Waals surface area contributed by atoms with Gasteiger partial charge in [-0.05, 0) is 0 Å². The maximum Gasteiger partial charge on any atom is 0.503 e. The third kappa shape index (κ3) is 85.8. The van der Waals surface area contributed by atoms with E-state index in [4.69, 9.17) is 15.0 Å².